The van der Waals surface area contributed by atoms with Gasteiger partial charge < -0.3 is 0 Å². The maximum absolute atomic E-state index is 12.5. The van der Waals surface area contributed by atoms with Crippen LogP contribution in [0, 0.1) is 6.92 Å². The van der Waals surface area contributed by atoms with Crippen molar-refractivity contribution in [2.75, 3.05) is 0 Å². The number of carbonyl (C=O) groups is 1. The van der Waals surface area contributed by atoms with Crippen molar-refractivity contribution in [3.8, 4) is 0 Å². The molecule has 1 atom stereocenters. The summed E-state index contributed by atoms with van der Waals surface area (Å²) in [4.78, 5) is 11.3. The fourth-order valence-electron chi connectivity index (χ4n) is 2.02. The summed E-state index contributed by atoms with van der Waals surface area (Å²) < 4.78 is 28.5. The van der Waals surface area contributed by atoms with E-state index < -0.39 is 16.1 Å². The molecule has 0 aromatic heterocycles. The monoisotopic (exact) mass is 393 g/mol. The predicted molar refractivity (Wildman–Crippen MR) is 93.6 cm³/mol. The molecule has 0 saturated heterocycles. The van der Waals surface area contributed by atoms with Gasteiger partial charge in [-0.1, -0.05) is 52.3 Å². The molecule has 2 aromatic carbocycles. The third kappa shape index (κ3) is 4.37. The predicted octanol–water partition coefficient (Wildman–Crippen LogP) is 3.53. The summed E-state index contributed by atoms with van der Waals surface area (Å²) in [5, 5.41) is 0. The number of benzene rings is 2. The maximum Gasteiger partial charge on any atom is 0.241 e. The molecule has 4 nitrogen and oxygen atoms in total. The van der Waals surface area contributed by atoms with Gasteiger partial charge in [-0.05, 0) is 36.8 Å². The lowest BCUT2D eigenvalue weighted by Gasteiger charge is -2.19. The Labute approximate surface area is 144 Å². The van der Waals surface area contributed by atoms with Crippen molar-refractivity contribution < 1.29 is 13.2 Å². The molecule has 0 aliphatic carbocycles. The standard InChI is InChI=1S/C17H16BrNO3S/c1-12-3-9-16(10-4-12)23(21,22)19-17(13(2)11-20)14-5-7-15(18)8-6-14/h3-11,17,19H,2H2,1H3/t17-/m1/s1. The molecule has 6 heteroatoms. The first-order valence-corrected chi connectivity index (χ1v) is 9.09. The first kappa shape index (κ1) is 17.6. The van der Waals surface area contributed by atoms with Crippen molar-refractivity contribution in [3.63, 3.8) is 0 Å². The van der Waals surface area contributed by atoms with Crippen LogP contribution in [0.3, 0.4) is 0 Å². The summed E-state index contributed by atoms with van der Waals surface area (Å²) in [6.07, 6.45) is 0.560. The molecule has 0 unspecified atom stereocenters. The van der Waals surface area contributed by atoms with Gasteiger partial charge in [0.05, 0.1) is 10.9 Å². The number of hydrogen-bond acceptors (Lipinski definition) is 3. The minimum atomic E-state index is -3.77. The van der Waals surface area contributed by atoms with Gasteiger partial charge in [0.2, 0.25) is 10.0 Å². The molecule has 1 N–H and O–H groups in total. The number of hydrogen-bond donors (Lipinski definition) is 1. The van der Waals surface area contributed by atoms with Gasteiger partial charge in [-0.2, -0.15) is 4.72 Å². The van der Waals surface area contributed by atoms with Crippen LogP contribution in [0.5, 0.6) is 0 Å². The fraction of sp³-hybridized carbons (Fsp3) is 0.118. The van der Waals surface area contributed by atoms with Crippen molar-refractivity contribution in [3.05, 3.63) is 76.3 Å². The molecular weight excluding hydrogens is 378 g/mol. The largest absolute Gasteiger partial charge is 0.298 e. The molecule has 0 aliphatic heterocycles. The van der Waals surface area contributed by atoms with Crippen LogP contribution in [-0.2, 0) is 14.8 Å². The third-order valence-corrected chi connectivity index (χ3v) is 5.30. The van der Waals surface area contributed by atoms with Gasteiger partial charge in [-0.3, -0.25) is 4.79 Å². The molecule has 0 aliphatic rings. The zero-order valence-corrected chi connectivity index (χ0v) is 14.9. The quantitative estimate of drug-likeness (QED) is 0.602. The lowest BCUT2D eigenvalue weighted by molar-refractivity contribution is -0.105. The second-order valence-corrected chi connectivity index (χ2v) is 7.74. The van der Waals surface area contributed by atoms with Crippen LogP contribution in [0.1, 0.15) is 17.2 Å². The summed E-state index contributed by atoms with van der Waals surface area (Å²) in [7, 11) is -3.77. The molecule has 0 heterocycles. The van der Waals surface area contributed by atoms with Gasteiger partial charge in [0.25, 0.3) is 0 Å². The Bertz CT molecular complexity index is 812. The van der Waals surface area contributed by atoms with E-state index in [1.165, 1.54) is 12.1 Å². The van der Waals surface area contributed by atoms with E-state index in [4.69, 9.17) is 0 Å². The van der Waals surface area contributed by atoms with E-state index in [2.05, 4.69) is 27.2 Å². The van der Waals surface area contributed by atoms with Gasteiger partial charge in [0.15, 0.2) is 0 Å². The average Bonchev–Trinajstić information content (AvgIpc) is 2.53. The highest BCUT2D eigenvalue weighted by atomic mass is 79.9. The van der Waals surface area contributed by atoms with Gasteiger partial charge in [0, 0.05) is 10.0 Å². The average molecular weight is 394 g/mol. The first-order valence-electron chi connectivity index (χ1n) is 6.82. The Morgan fingerprint density at radius 2 is 1.70 bits per heavy atom. The Hall–Kier alpha value is -1.76. The summed E-state index contributed by atoms with van der Waals surface area (Å²) in [6, 6.07) is 12.7. The number of aldehydes is 1. The van der Waals surface area contributed by atoms with Crippen molar-refractivity contribution in [1.29, 1.82) is 0 Å². The Morgan fingerprint density at radius 1 is 1.13 bits per heavy atom. The Balaban J connectivity index is 2.37. The molecule has 0 radical (unpaired) electrons. The molecule has 0 spiro atoms. The fourth-order valence-corrected chi connectivity index (χ4v) is 3.51. The smallest absolute Gasteiger partial charge is 0.241 e. The Kier molecular flexibility index (Phi) is 5.51. The molecule has 0 amide bonds. The summed E-state index contributed by atoms with van der Waals surface area (Å²) >= 11 is 3.32. The summed E-state index contributed by atoms with van der Waals surface area (Å²) in [5.74, 6) is 0. The van der Waals surface area contributed by atoms with Crippen LogP contribution in [0.2, 0.25) is 0 Å². The first-order chi connectivity index (χ1) is 10.8. The van der Waals surface area contributed by atoms with Crippen LogP contribution in [0.15, 0.2) is 70.1 Å². The lowest BCUT2D eigenvalue weighted by atomic mass is 10.0. The van der Waals surface area contributed by atoms with Crippen molar-refractivity contribution in [2.45, 2.75) is 17.9 Å². The number of rotatable bonds is 6. The number of nitrogens with one attached hydrogen (secondary N) is 1. The second kappa shape index (κ2) is 7.21. The molecule has 0 saturated carbocycles. The molecule has 2 aromatic rings. The molecule has 0 bridgehead atoms. The summed E-state index contributed by atoms with van der Waals surface area (Å²) in [6.45, 7) is 5.54. The highest BCUT2D eigenvalue weighted by molar-refractivity contribution is 9.10. The second-order valence-electron chi connectivity index (χ2n) is 5.11. The van der Waals surface area contributed by atoms with E-state index in [0.29, 0.717) is 11.8 Å². The number of carbonyl (C=O) groups excluding carboxylic acids is 1. The zero-order valence-electron chi connectivity index (χ0n) is 12.5. The molecule has 120 valence electrons. The lowest BCUT2D eigenvalue weighted by Crippen LogP contribution is -2.30. The van der Waals surface area contributed by atoms with Crippen molar-refractivity contribution in [1.82, 2.24) is 4.72 Å². The molecule has 0 fully saturated rings. The highest BCUT2D eigenvalue weighted by Crippen LogP contribution is 2.24. The molecule has 2 rings (SSSR count). The molecular formula is C17H16BrNO3S. The van der Waals surface area contributed by atoms with Crippen molar-refractivity contribution in [2.24, 2.45) is 0 Å². The highest BCUT2D eigenvalue weighted by Gasteiger charge is 2.23. The van der Waals surface area contributed by atoms with E-state index in [1.54, 1.807) is 36.4 Å². The van der Waals surface area contributed by atoms with E-state index in [1.807, 2.05) is 6.92 Å². The number of halogens is 1. The minimum absolute atomic E-state index is 0.142. The Morgan fingerprint density at radius 3 is 2.22 bits per heavy atom. The van der Waals surface area contributed by atoms with E-state index >= 15 is 0 Å². The van der Waals surface area contributed by atoms with Gasteiger partial charge in [-0.25, -0.2) is 8.42 Å². The topological polar surface area (TPSA) is 63.2 Å². The maximum atomic E-state index is 12.5. The van der Waals surface area contributed by atoms with Gasteiger partial charge >= 0.3 is 0 Å². The minimum Gasteiger partial charge on any atom is -0.298 e. The molecule has 23 heavy (non-hydrogen) atoms. The number of sulfonamides is 1. The summed E-state index contributed by atoms with van der Waals surface area (Å²) in [5.41, 5.74) is 1.75. The third-order valence-electron chi connectivity index (χ3n) is 3.33. The van der Waals surface area contributed by atoms with Crippen LogP contribution in [0.25, 0.3) is 0 Å². The van der Waals surface area contributed by atoms with Crippen LogP contribution >= 0.6 is 15.9 Å². The SMILES string of the molecule is C=C(C=O)[C@@H](NS(=O)(=O)c1ccc(C)cc1)c1ccc(Br)cc1. The van der Waals surface area contributed by atoms with E-state index in [0.717, 1.165) is 10.0 Å². The van der Waals surface area contributed by atoms with Crippen molar-refractivity contribution >= 4 is 32.2 Å². The van der Waals surface area contributed by atoms with E-state index in [9.17, 15) is 13.2 Å². The zero-order chi connectivity index (χ0) is 17.0. The number of aryl methyl sites for hydroxylation is 1. The van der Waals surface area contributed by atoms with Crippen LogP contribution < -0.4 is 4.72 Å². The van der Waals surface area contributed by atoms with Crippen LogP contribution in [-0.4, -0.2) is 14.7 Å². The van der Waals surface area contributed by atoms with Crippen LogP contribution in [0.4, 0.5) is 0 Å². The van der Waals surface area contributed by atoms with Gasteiger partial charge in [0.1, 0.15) is 6.29 Å². The normalized spacial score (nSPS) is 12.6. The van der Waals surface area contributed by atoms with Gasteiger partial charge in [-0.15, -0.1) is 0 Å². The van der Waals surface area contributed by atoms with E-state index in [-0.39, 0.29) is 10.5 Å².